The third kappa shape index (κ3) is 3.22. The summed E-state index contributed by atoms with van der Waals surface area (Å²) in [4.78, 5) is 26.8. The molecule has 0 bridgehead atoms. The van der Waals surface area contributed by atoms with Crippen molar-refractivity contribution in [2.45, 2.75) is 19.4 Å². The van der Waals surface area contributed by atoms with Crippen LogP contribution in [0.2, 0.25) is 10.0 Å². The number of hydrogen-bond donors (Lipinski definition) is 1. The summed E-state index contributed by atoms with van der Waals surface area (Å²) in [5.41, 5.74) is 4.45. The molecule has 0 saturated carbocycles. The van der Waals surface area contributed by atoms with Gasteiger partial charge in [0.2, 0.25) is 5.82 Å². The summed E-state index contributed by atoms with van der Waals surface area (Å²) in [6.07, 6.45) is 5.51. The molecular weight excluding hydrogens is 451 g/mol. The minimum atomic E-state index is -0.236. The minimum Gasteiger partial charge on any atom is -0.494 e. The summed E-state index contributed by atoms with van der Waals surface area (Å²) >= 11 is 13.0. The second-order valence-corrected chi connectivity index (χ2v) is 8.52. The number of rotatable bonds is 3. The van der Waals surface area contributed by atoms with Crippen LogP contribution in [-0.2, 0) is 13.5 Å². The monoisotopic (exact) mass is 470 g/mol. The second-order valence-electron chi connectivity index (χ2n) is 7.73. The van der Waals surface area contributed by atoms with Gasteiger partial charge < -0.3 is 14.6 Å². The van der Waals surface area contributed by atoms with Gasteiger partial charge in [-0.3, -0.25) is 9.48 Å². The van der Waals surface area contributed by atoms with Gasteiger partial charge in [0.15, 0.2) is 5.75 Å². The van der Waals surface area contributed by atoms with Gasteiger partial charge in [-0.25, -0.2) is 9.97 Å². The quantitative estimate of drug-likeness (QED) is 0.478. The zero-order valence-electron chi connectivity index (χ0n) is 17.7. The van der Waals surface area contributed by atoms with Crippen molar-refractivity contribution in [1.82, 2.24) is 29.6 Å². The highest BCUT2D eigenvalue weighted by Gasteiger charge is 2.34. The minimum absolute atomic E-state index is 0.131. The molecule has 8 nitrogen and oxygen atoms in total. The highest BCUT2D eigenvalue weighted by molar-refractivity contribution is 6.45. The molecule has 0 fully saturated rings. The lowest BCUT2D eigenvalue weighted by atomic mass is 9.93. The molecule has 4 heterocycles. The van der Waals surface area contributed by atoms with Crippen molar-refractivity contribution >= 4 is 40.0 Å². The predicted octanol–water partition coefficient (Wildman–Crippen LogP) is 4.43. The Balaban J connectivity index is 1.63. The van der Waals surface area contributed by atoms with E-state index in [1.807, 2.05) is 32.3 Å². The molecule has 10 heteroatoms. The van der Waals surface area contributed by atoms with Crippen molar-refractivity contribution in [3.8, 4) is 17.0 Å². The molecule has 5 rings (SSSR count). The molecule has 1 amide bonds. The van der Waals surface area contributed by atoms with E-state index < -0.39 is 0 Å². The first-order chi connectivity index (χ1) is 15.4. The summed E-state index contributed by atoms with van der Waals surface area (Å²) in [6, 6.07) is 3.54. The number of nitrogens with zero attached hydrogens (tertiary/aromatic N) is 5. The zero-order valence-corrected chi connectivity index (χ0v) is 19.2. The van der Waals surface area contributed by atoms with Gasteiger partial charge >= 0.3 is 0 Å². The van der Waals surface area contributed by atoms with Gasteiger partial charge in [0.1, 0.15) is 0 Å². The lowest BCUT2D eigenvalue weighted by Crippen LogP contribution is -2.39. The average Bonchev–Trinajstić information content (AvgIpc) is 3.40. The first-order valence-corrected chi connectivity index (χ1v) is 10.8. The van der Waals surface area contributed by atoms with E-state index in [0.29, 0.717) is 28.8 Å². The maximum Gasteiger partial charge on any atom is 0.292 e. The number of methoxy groups -OCH3 is 1. The van der Waals surface area contributed by atoms with E-state index in [2.05, 4.69) is 20.1 Å². The molecule has 0 spiro atoms. The van der Waals surface area contributed by atoms with Crippen LogP contribution < -0.4 is 4.74 Å². The number of nitrogens with one attached hydrogen (secondary N) is 1. The third-order valence-electron chi connectivity index (χ3n) is 5.88. The molecule has 164 valence electrons. The largest absolute Gasteiger partial charge is 0.494 e. The van der Waals surface area contributed by atoms with Gasteiger partial charge in [-0.15, -0.1) is 0 Å². The summed E-state index contributed by atoms with van der Waals surface area (Å²) in [6.45, 7) is 2.52. The van der Waals surface area contributed by atoms with Crippen molar-refractivity contribution in [3.63, 3.8) is 0 Å². The van der Waals surface area contributed by atoms with Crippen molar-refractivity contribution < 1.29 is 9.53 Å². The van der Waals surface area contributed by atoms with Crippen LogP contribution in [0.15, 0.2) is 30.7 Å². The second kappa shape index (κ2) is 7.79. The topological polar surface area (TPSA) is 88.9 Å². The molecule has 0 radical (unpaired) electrons. The molecule has 1 aromatic carbocycles. The van der Waals surface area contributed by atoms with E-state index in [1.54, 1.807) is 9.58 Å². The van der Waals surface area contributed by atoms with Gasteiger partial charge in [-0.2, -0.15) is 5.10 Å². The Hall–Kier alpha value is -3.10. The molecule has 3 aromatic heterocycles. The fraction of sp³-hybridized carbons (Fsp3) is 0.273. The summed E-state index contributed by atoms with van der Waals surface area (Å²) in [7, 11) is 3.39. The normalized spacial score (nSPS) is 15.8. The lowest BCUT2D eigenvalue weighted by molar-refractivity contribution is 0.0665. The number of ether oxygens (including phenoxy) is 1. The Morgan fingerprint density at radius 1 is 1.28 bits per heavy atom. The average molecular weight is 471 g/mol. The molecule has 1 atom stereocenters. The summed E-state index contributed by atoms with van der Waals surface area (Å²) in [5, 5.41) is 6.39. The van der Waals surface area contributed by atoms with E-state index in [0.717, 1.165) is 33.4 Å². The number of carbonyl (C=O) groups excluding carboxylic acids is 1. The standard InChI is InChI=1S/C22H20Cl2N6O2/c1-11-17-16(5-7-30(11)22(31)21-25-9-12(32-3)10-26-21)27-20-18(17)13(8-14(23)19(20)24)15-4-6-29(2)28-15/h4,6,8-11,27H,5,7H2,1-3H3/t11-/m1/s1. The molecule has 1 N–H and O–H groups in total. The fourth-order valence-electron chi connectivity index (χ4n) is 4.33. The van der Waals surface area contributed by atoms with Crippen LogP contribution in [0.3, 0.4) is 0 Å². The highest BCUT2D eigenvalue weighted by Crippen LogP contribution is 2.45. The Bertz CT molecular complexity index is 1340. The van der Waals surface area contributed by atoms with Crippen LogP contribution in [0.25, 0.3) is 22.2 Å². The van der Waals surface area contributed by atoms with Crippen molar-refractivity contribution in [2.75, 3.05) is 13.7 Å². The number of halogens is 2. The Morgan fingerprint density at radius 3 is 2.69 bits per heavy atom. The first-order valence-electron chi connectivity index (χ1n) is 10.1. The Labute approximate surface area is 194 Å². The van der Waals surface area contributed by atoms with Gasteiger partial charge in [0, 0.05) is 48.4 Å². The maximum absolute atomic E-state index is 13.2. The van der Waals surface area contributed by atoms with E-state index in [-0.39, 0.29) is 17.8 Å². The number of H-pyrrole nitrogens is 1. The smallest absolute Gasteiger partial charge is 0.292 e. The molecule has 0 aliphatic carbocycles. The van der Waals surface area contributed by atoms with Crippen LogP contribution in [-0.4, -0.2) is 49.2 Å². The molecule has 0 saturated heterocycles. The van der Waals surface area contributed by atoms with Crippen LogP contribution in [0.1, 0.15) is 34.8 Å². The number of aryl methyl sites for hydroxylation is 1. The molecule has 1 aliphatic heterocycles. The number of carbonyl (C=O) groups is 1. The number of amides is 1. The molecule has 4 aromatic rings. The number of hydrogen-bond acceptors (Lipinski definition) is 5. The SMILES string of the molecule is COc1cnc(C(=O)N2CCc3[nH]c4c(Cl)c(Cl)cc(-c5ccn(C)n5)c4c3[C@H]2C)nc1. The molecule has 1 aliphatic rings. The van der Waals surface area contributed by atoms with Crippen LogP contribution in [0.4, 0.5) is 0 Å². The number of benzene rings is 1. The Morgan fingerprint density at radius 2 is 2.03 bits per heavy atom. The van der Waals surface area contributed by atoms with Crippen molar-refractivity contribution in [1.29, 1.82) is 0 Å². The maximum atomic E-state index is 13.2. The van der Waals surface area contributed by atoms with E-state index in [1.165, 1.54) is 19.5 Å². The van der Waals surface area contributed by atoms with Crippen LogP contribution >= 0.6 is 23.2 Å². The van der Waals surface area contributed by atoms with Crippen molar-refractivity contribution in [2.24, 2.45) is 7.05 Å². The van der Waals surface area contributed by atoms with Gasteiger partial charge in [0.05, 0.1) is 46.8 Å². The van der Waals surface area contributed by atoms with Gasteiger partial charge in [0.25, 0.3) is 5.91 Å². The summed E-state index contributed by atoms with van der Waals surface area (Å²) < 4.78 is 6.83. The van der Waals surface area contributed by atoms with Crippen molar-refractivity contribution in [3.05, 3.63) is 57.9 Å². The molecule has 0 unspecified atom stereocenters. The molecular formula is C22H20Cl2N6O2. The number of aromatic nitrogens is 5. The van der Waals surface area contributed by atoms with E-state index in [9.17, 15) is 4.79 Å². The van der Waals surface area contributed by atoms with E-state index >= 15 is 0 Å². The fourth-order valence-corrected chi connectivity index (χ4v) is 4.73. The van der Waals surface area contributed by atoms with Crippen LogP contribution in [0, 0.1) is 0 Å². The number of aromatic amines is 1. The lowest BCUT2D eigenvalue weighted by Gasteiger charge is -2.33. The van der Waals surface area contributed by atoms with Gasteiger partial charge in [-0.05, 0) is 19.1 Å². The van der Waals surface area contributed by atoms with E-state index in [4.69, 9.17) is 27.9 Å². The Kier molecular flexibility index (Phi) is 5.06. The van der Waals surface area contributed by atoms with Gasteiger partial charge in [-0.1, -0.05) is 23.2 Å². The number of fused-ring (bicyclic) bond motifs is 3. The third-order valence-corrected chi connectivity index (χ3v) is 6.67. The summed E-state index contributed by atoms with van der Waals surface area (Å²) in [5.74, 6) is 0.394. The zero-order chi connectivity index (χ0) is 22.6. The predicted molar refractivity (Wildman–Crippen MR) is 122 cm³/mol. The molecule has 32 heavy (non-hydrogen) atoms. The van der Waals surface area contributed by atoms with Crippen LogP contribution in [0.5, 0.6) is 5.75 Å². The highest BCUT2D eigenvalue weighted by atomic mass is 35.5. The first kappa shape index (κ1) is 20.8.